The fraction of sp³-hybridized carbons (Fsp3) is 0.250. The van der Waals surface area contributed by atoms with E-state index < -0.39 is 51.7 Å². The number of alkyl halides is 2. The predicted octanol–water partition coefficient (Wildman–Crippen LogP) is -0.130. The first-order valence-corrected chi connectivity index (χ1v) is 7.72. The SMILES string of the molecule is O=C(O)c1ccc2c(c1)C(=O)N(OS(=O)(=O)CC(F)(F)CO)C2=O. The minimum absolute atomic E-state index is 0.251. The minimum Gasteiger partial charge on any atom is -0.478 e. The highest BCUT2D eigenvalue weighted by Gasteiger charge is 2.43. The maximum absolute atomic E-state index is 13.0. The Morgan fingerprint density at radius 3 is 2.33 bits per heavy atom. The second-order valence-corrected chi connectivity index (χ2v) is 6.31. The van der Waals surface area contributed by atoms with Crippen LogP contribution in [-0.2, 0) is 14.4 Å². The molecule has 1 heterocycles. The molecule has 0 atom stereocenters. The number of halogens is 2. The summed E-state index contributed by atoms with van der Waals surface area (Å²) in [6.07, 6.45) is 0. The monoisotopic (exact) mass is 365 g/mol. The quantitative estimate of drug-likeness (QED) is 0.665. The zero-order chi connectivity index (χ0) is 18.3. The molecule has 0 radical (unpaired) electrons. The van der Waals surface area contributed by atoms with Crippen molar-refractivity contribution in [1.29, 1.82) is 0 Å². The largest absolute Gasteiger partial charge is 0.478 e. The number of hydrogen-bond acceptors (Lipinski definition) is 7. The van der Waals surface area contributed by atoms with Gasteiger partial charge in [-0.1, -0.05) is 0 Å². The van der Waals surface area contributed by atoms with Crippen LogP contribution in [0.5, 0.6) is 0 Å². The number of carboxylic acid groups (broad SMARTS) is 1. The number of carboxylic acids is 1. The number of rotatable bonds is 6. The molecule has 2 amide bonds. The van der Waals surface area contributed by atoms with E-state index in [-0.39, 0.29) is 16.2 Å². The van der Waals surface area contributed by atoms with Gasteiger partial charge in [-0.2, -0.15) is 8.42 Å². The molecule has 0 saturated carbocycles. The van der Waals surface area contributed by atoms with Crippen LogP contribution in [0.25, 0.3) is 0 Å². The van der Waals surface area contributed by atoms with Crippen LogP contribution in [0.3, 0.4) is 0 Å². The normalized spacial score (nSPS) is 14.9. The van der Waals surface area contributed by atoms with E-state index in [0.717, 1.165) is 18.2 Å². The van der Waals surface area contributed by atoms with Crippen molar-refractivity contribution < 1.29 is 46.1 Å². The number of nitrogens with zero attached hydrogens (tertiary/aromatic N) is 1. The van der Waals surface area contributed by atoms with Crippen molar-refractivity contribution in [3.8, 4) is 0 Å². The third-order valence-electron chi connectivity index (χ3n) is 2.90. The molecule has 0 fully saturated rings. The van der Waals surface area contributed by atoms with E-state index in [4.69, 9.17) is 10.2 Å². The van der Waals surface area contributed by atoms with Crippen LogP contribution < -0.4 is 0 Å². The van der Waals surface area contributed by atoms with Gasteiger partial charge in [0.05, 0.1) is 16.7 Å². The van der Waals surface area contributed by atoms with E-state index in [9.17, 15) is 31.6 Å². The van der Waals surface area contributed by atoms with Crippen molar-refractivity contribution in [1.82, 2.24) is 5.06 Å². The molecule has 24 heavy (non-hydrogen) atoms. The Bertz CT molecular complexity index is 835. The molecule has 1 aromatic carbocycles. The maximum Gasteiger partial charge on any atom is 0.335 e. The van der Waals surface area contributed by atoms with Crippen molar-refractivity contribution in [3.63, 3.8) is 0 Å². The Labute approximate surface area is 133 Å². The minimum atomic E-state index is -5.09. The van der Waals surface area contributed by atoms with E-state index in [1.165, 1.54) is 0 Å². The summed E-state index contributed by atoms with van der Waals surface area (Å²) in [5.41, 5.74) is -1.12. The first-order valence-electron chi connectivity index (χ1n) is 6.14. The van der Waals surface area contributed by atoms with Crippen LogP contribution in [0.4, 0.5) is 8.78 Å². The summed E-state index contributed by atoms with van der Waals surface area (Å²) >= 11 is 0. The van der Waals surface area contributed by atoms with Gasteiger partial charge in [0.1, 0.15) is 12.4 Å². The first kappa shape index (κ1) is 17.9. The fourth-order valence-electron chi connectivity index (χ4n) is 1.86. The third-order valence-corrected chi connectivity index (χ3v) is 4.06. The average Bonchev–Trinajstić information content (AvgIpc) is 2.70. The smallest absolute Gasteiger partial charge is 0.335 e. The van der Waals surface area contributed by atoms with E-state index in [1.54, 1.807) is 0 Å². The second kappa shape index (κ2) is 5.89. The third kappa shape index (κ3) is 3.39. The van der Waals surface area contributed by atoms with Gasteiger partial charge >= 0.3 is 5.97 Å². The number of amides is 2. The van der Waals surface area contributed by atoms with E-state index in [2.05, 4.69) is 4.28 Å². The van der Waals surface area contributed by atoms with Crippen LogP contribution in [0.1, 0.15) is 31.1 Å². The Morgan fingerprint density at radius 2 is 1.79 bits per heavy atom. The van der Waals surface area contributed by atoms with Crippen LogP contribution in [-0.4, -0.2) is 59.8 Å². The molecule has 0 spiro atoms. The molecule has 0 bridgehead atoms. The summed E-state index contributed by atoms with van der Waals surface area (Å²) in [5, 5.41) is 17.0. The number of fused-ring (bicyclic) bond motifs is 1. The lowest BCUT2D eigenvalue weighted by Crippen LogP contribution is -2.38. The van der Waals surface area contributed by atoms with E-state index in [1.807, 2.05) is 0 Å². The molecule has 12 heteroatoms. The number of aromatic carboxylic acids is 1. The highest BCUT2D eigenvalue weighted by Crippen LogP contribution is 2.26. The molecule has 9 nitrogen and oxygen atoms in total. The second-order valence-electron chi connectivity index (χ2n) is 4.76. The summed E-state index contributed by atoms with van der Waals surface area (Å²) in [6.45, 7) is -1.78. The number of aliphatic hydroxyl groups excluding tert-OH is 1. The summed E-state index contributed by atoms with van der Waals surface area (Å²) in [6, 6.07) is 2.80. The predicted molar refractivity (Wildman–Crippen MR) is 70.8 cm³/mol. The molecule has 0 unspecified atom stereocenters. The molecular formula is C12H9F2NO8S. The molecule has 1 aromatic rings. The van der Waals surface area contributed by atoms with Crippen molar-refractivity contribution in [3.05, 3.63) is 34.9 Å². The van der Waals surface area contributed by atoms with Gasteiger partial charge in [-0.15, -0.1) is 9.35 Å². The van der Waals surface area contributed by atoms with Gasteiger partial charge in [-0.05, 0) is 18.2 Å². The number of hydroxylamine groups is 2. The number of aliphatic hydroxyl groups is 1. The Balaban J connectivity index is 2.30. The fourth-order valence-corrected chi connectivity index (χ4v) is 2.89. The molecular weight excluding hydrogens is 356 g/mol. The van der Waals surface area contributed by atoms with Crippen molar-refractivity contribution in [2.75, 3.05) is 12.4 Å². The number of hydrogen-bond donors (Lipinski definition) is 2. The number of carbonyl (C=O) groups is 3. The number of benzene rings is 1. The Hall–Kier alpha value is -2.44. The Kier molecular flexibility index (Phi) is 4.39. The molecule has 2 N–H and O–H groups in total. The zero-order valence-corrected chi connectivity index (χ0v) is 12.4. The van der Waals surface area contributed by atoms with Crippen molar-refractivity contribution >= 4 is 27.9 Å². The lowest BCUT2D eigenvalue weighted by atomic mass is 10.1. The van der Waals surface area contributed by atoms with Gasteiger partial charge in [0.25, 0.3) is 27.9 Å². The van der Waals surface area contributed by atoms with Gasteiger partial charge in [-0.25, -0.2) is 13.6 Å². The molecule has 1 aliphatic rings. The van der Waals surface area contributed by atoms with Gasteiger partial charge in [-0.3, -0.25) is 9.59 Å². The zero-order valence-electron chi connectivity index (χ0n) is 11.6. The van der Waals surface area contributed by atoms with Gasteiger partial charge < -0.3 is 10.2 Å². The average molecular weight is 365 g/mol. The number of imide groups is 1. The van der Waals surface area contributed by atoms with Gasteiger partial charge in [0.15, 0.2) is 0 Å². The van der Waals surface area contributed by atoms with E-state index in [0.29, 0.717) is 0 Å². The van der Waals surface area contributed by atoms with E-state index >= 15 is 0 Å². The molecule has 0 aliphatic carbocycles. The summed E-state index contributed by atoms with van der Waals surface area (Å²) in [5.74, 6) is -9.94. The standard InChI is InChI=1S/C12H9F2NO8S/c13-12(14,4-16)5-24(21,22)23-15-9(17)7-2-1-6(11(19)20)3-8(7)10(15)18/h1-3,16H,4-5H2,(H,19,20). The molecule has 1 aliphatic heterocycles. The highest BCUT2D eigenvalue weighted by atomic mass is 32.2. The molecule has 0 aromatic heterocycles. The highest BCUT2D eigenvalue weighted by molar-refractivity contribution is 7.86. The van der Waals surface area contributed by atoms with Crippen molar-refractivity contribution in [2.45, 2.75) is 5.92 Å². The summed E-state index contributed by atoms with van der Waals surface area (Å²) in [7, 11) is -5.09. The number of carbonyl (C=O) groups excluding carboxylic acids is 2. The summed E-state index contributed by atoms with van der Waals surface area (Å²) < 4.78 is 53.1. The topological polar surface area (TPSA) is 138 Å². The van der Waals surface area contributed by atoms with Crippen LogP contribution in [0.15, 0.2) is 18.2 Å². The maximum atomic E-state index is 13.0. The molecule has 2 rings (SSSR count). The van der Waals surface area contributed by atoms with Crippen molar-refractivity contribution in [2.24, 2.45) is 0 Å². The van der Waals surface area contributed by atoms with Crippen LogP contribution >= 0.6 is 0 Å². The van der Waals surface area contributed by atoms with Crippen LogP contribution in [0, 0.1) is 0 Å². The molecule has 130 valence electrons. The first-order chi connectivity index (χ1) is 11.0. The Morgan fingerprint density at radius 1 is 1.21 bits per heavy atom. The van der Waals surface area contributed by atoms with Gasteiger partial charge in [0.2, 0.25) is 0 Å². The van der Waals surface area contributed by atoms with Gasteiger partial charge in [0, 0.05) is 0 Å². The summed E-state index contributed by atoms with van der Waals surface area (Å²) in [4.78, 5) is 34.8. The van der Waals surface area contributed by atoms with Crippen LogP contribution in [0.2, 0.25) is 0 Å². The lowest BCUT2D eigenvalue weighted by molar-refractivity contribution is -0.0385. The lowest BCUT2D eigenvalue weighted by Gasteiger charge is -2.16. The molecule has 0 saturated heterocycles.